The maximum absolute atomic E-state index is 10.9. The average molecular weight is 358 g/mol. The fourth-order valence-electron chi connectivity index (χ4n) is 3.01. The maximum atomic E-state index is 10.9. The van der Waals surface area contributed by atoms with Gasteiger partial charge in [0.1, 0.15) is 13.2 Å². The summed E-state index contributed by atoms with van der Waals surface area (Å²) in [6, 6.07) is 3.75. The lowest BCUT2D eigenvalue weighted by molar-refractivity contribution is -0.0582. The third-order valence-corrected chi connectivity index (χ3v) is 5.00. The smallest absolute Gasteiger partial charge is 0.175 e. The summed E-state index contributed by atoms with van der Waals surface area (Å²) in [6.45, 7) is 2.77. The molecule has 0 spiro atoms. The highest BCUT2D eigenvalue weighted by Crippen LogP contribution is 2.46. The maximum Gasteiger partial charge on any atom is 0.175 e. The molecule has 116 valence electrons. The third-order valence-electron chi connectivity index (χ3n) is 4.41. The minimum Gasteiger partial charge on any atom is -0.486 e. The minimum atomic E-state index is -0.640. The van der Waals surface area contributed by atoms with E-state index in [1.165, 1.54) is 0 Å². The van der Waals surface area contributed by atoms with E-state index in [4.69, 9.17) is 19.9 Å². The second-order valence-corrected chi connectivity index (χ2v) is 6.46. The number of fused-ring (bicyclic) bond motifs is 1. The molecule has 1 fully saturated rings. The second kappa shape index (κ2) is 6.12. The van der Waals surface area contributed by atoms with Gasteiger partial charge in [-0.1, -0.05) is 0 Å². The molecule has 1 saturated heterocycles. The Hall–Kier alpha value is -0.820. The van der Waals surface area contributed by atoms with E-state index in [0.29, 0.717) is 44.5 Å². The molecule has 1 aromatic rings. The Morgan fingerprint density at radius 2 is 1.90 bits per heavy atom. The highest BCUT2D eigenvalue weighted by Gasteiger charge is 2.39. The van der Waals surface area contributed by atoms with E-state index in [2.05, 4.69) is 15.9 Å². The van der Waals surface area contributed by atoms with Crippen LogP contribution in [-0.2, 0) is 4.74 Å². The van der Waals surface area contributed by atoms with Crippen LogP contribution >= 0.6 is 15.9 Å². The van der Waals surface area contributed by atoms with E-state index in [0.717, 1.165) is 22.9 Å². The first-order valence-electron chi connectivity index (χ1n) is 7.21. The lowest BCUT2D eigenvalue weighted by Gasteiger charge is -2.40. The van der Waals surface area contributed by atoms with Gasteiger partial charge in [0.25, 0.3) is 0 Å². The van der Waals surface area contributed by atoms with E-state index in [1.54, 1.807) is 0 Å². The summed E-state index contributed by atoms with van der Waals surface area (Å²) < 4.78 is 17.4. The quantitative estimate of drug-likeness (QED) is 0.865. The van der Waals surface area contributed by atoms with Crippen LogP contribution in [0, 0.1) is 5.41 Å². The lowest BCUT2D eigenvalue weighted by atomic mass is 9.73. The number of hydrogen-bond acceptors (Lipinski definition) is 5. The molecule has 1 aromatic carbocycles. The summed E-state index contributed by atoms with van der Waals surface area (Å²) in [4.78, 5) is 0. The average Bonchev–Trinajstić information content (AvgIpc) is 2.54. The number of hydrogen-bond donors (Lipinski definition) is 2. The Bertz CT molecular complexity index is 517. The SMILES string of the molecule is NCC1(C(O)c2cc(Br)c3c(c2)OCCO3)CCOCC1. The lowest BCUT2D eigenvalue weighted by Crippen LogP contribution is -2.41. The second-order valence-electron chi connectivity index (χ2n) is 5.61. The van der Waals surface area contributed by atoms with Gasteiger partial charge in [-0.25, -0.2) is 0 Å². The number of aliphatic hydroxyl groups excluding tert-OH is 1. The zero-order valence-electron chi connectivity index (χ0n) is 11.8. The molecule has 6 heteroatoms. The summed E-state index contributed by atoms with van der Waals surface area (Å²) in [5.74, 6) is 1.37. The molecule has 3 N–H and O–H groups in total. The minimum absolute atomic E-state index is 0.332. The predicted molar refractivity (Wildman–Crippen MR) is 81.6 cm³/mol. The Balaban J connectivity index is 1.93. The molecule has 2 aliphatic rings. The molecule has 1 atom stereocenters. The molecule has 21 heavy (non-hydrogen) atoms. The molecule has 0 bridgehead atoms. The fourth-order valence-corrected chi connectivity index (χ4v) is 3.58. The molecule has 0 amide bonds. The van der Waals surface area contributed by atoms with Crippen LogP contribution in [-0.4, -0.2) is 38.1 Å². The molecule has 0 aromatic heterocycles. The summed E-state index contributed by atoms with van der Waals surface area (Å²) in [5.41, 5.74) is 6.44. The van der Waals surface area contributed by atoms with Gasteiger partial charge in [0, 0.05) is 25.2 Å². The first-order valence-corrected chi connectivity index (χ1v) is 8.00. The number of nitrogens with two attached hydrogens (primary N) is 1. The largest absolute Gasteiger partial charge is 0.486 e. The van der Waals surface area contributed by atoms with Gasteiger partial charge in [-0.3, -0.25) is 0 Å². The standard InChI is InChI=1S/C15H20BrNO4/c16-11-7-10(8-12-13(11)21-6-5-20-12)14(18)15(9-17)1-3-19-4-2-15/h7-8,14,18H,1-6,9,17H2. The molecule has 5 nitrogen and oxygen atoms in total. The highest BCUT2D eigenvalue weighted by molar-refractivity contribution is 9.10. The number of ether oxygens (including phenoxy) is 3. The summed E-state index contributed by atoms with van der Waals surface area (Å²) in [5, 5.41) is 10.9. The Labute approximate surface area is 132 Å². The van der Waals surface area contributed by atoms with Crippen LogP contribution in [0.4, 0.5) is 0 Å². The van der Waals surface area contributed by atoms with E-state index in [-0.39, 0.29) is 5.41 Å². The van der Waals surface area contributed by atoms with E-state index >= 15 is 0 Å². The van der Waals surface area contributed by atoms with Gasteiger partial charge in [0.05, 0.1) is 10.6 Å². The van der Waals surface area contributed by atoms with Gasteiger partial charge in [-0.2, -0.15) is 0 Å². The molecular formula is C15H20BrNO4. The van der Waals surface area contributed by atoms with E-state index in [1.807, 2.05) is 12.1 Å². The molecule has 0 radical (unpaired) electrons. The van der Waals surface area contributed by atoms with Crippen LogP contribution in [0.3, 0.4) is 0 Å². The van der Waals surface area contributed by atoms with Crippen molar-refractivity contribution in [2.24, 2.45) is 11.1 Å². The molecule has 0 aliphatic carbocycles. The van der Waals surface area contributed by atoms with Gasteiger partial charge in [-0.15, -0.1) is 0 Å². The van der Waals surface area contributed by atoms with Crippen LogP contribution in [0.15, 0.2) is 16.6 Å². The van der Waals surface area contributed by atoms with Crippen LogP contribution in [0.1, 0.15) is 24.5 Å². The third kappa shape index (κ3) is 2.77. The van der Waals surface area contributed by atoms with Gasteiger partial charge in [0.2, 0.25) is 0 Å². The molecule has 2 heterocycles. The van der Waals surface area contributed by atoms with Crippen molar-refractivity contribution in [2.45, 2.75) is 18.9 Å². The Morgan fingerprint density at radius 3 is 2.62 bits per heavy atom. The van der Waals surface area contributed by atoms with Gasteiger partial charge < -0.3 is 25.1 Å². The molecule has 1 unspecified atom stereocenters. The van der Waals surface area contributed by atoms with Crippen LogP contribution in [0.5, 0.6) is 11.5 Å². The predicted octanol–water partition coefficient (Wildman–Crippen LogP) is 2.01. The van der Waals surface area contributed by atoms with E-state index < -0.39 is 6.10 Å². The van der Waals surface area contributed by atoms with Crippen molar-refractivity contribution in [3.8, 4) is 11.5 Å². The van der Waals surface area contributed by atoms with Crippen molar-refractivity contribution in [3.05, 3.63) is 22.2 Å². The summed E-state index contributed by atoms with van der Waals surface area (Å²) >= 11 is 3.49. The van der Waals surface area contributed by atoms with Crippen LogP contribution in [0.2, 0.25) is 0 Å². The van der Waals surface area contributed by atoms with Crippen molar-refractivity contribution < 1.29 is 19.3 Å². The van der Waals surface area contributed by atoms with Crippen molar-refractivity contribution in [3.63, 3.8) is 0 Å². The molecule has 3 rings (SSSR count). The number of halogens is 1. The normalized spacial score (nSPS) is 21.9. The Kier molecular flexibility index (Phi) is 4.40. The van der Waals surface area contributed by atoms with Gasteiger partial charge in [0.15, 0.2) is 11.5 Å². The van der Waals surface area contributed by atoms with Crippen molar-refractivity contribution >= 4 is 15.9 Å². The topological polar surface area (TPSA) is 73.9 Å². The van der Waals surface area contributed by atoms with Crippen molar-refractivity contribution in [2.75, 3.05) is 33.0 Å². The van der Waals surface area contributed by atoms with E-state index in [9.17, 15) is 5.11 Å². The first-order chi connectivity index (χ1) is 10.2. The van der Waals surface area contributed by atoms with Gasteiger partial charge >= 0.3 is 0 Å². The number of rotatable bonds is 3. The summed E-state index contributed by atoms with van der Waals surface area (Å²) in [6.07, 6.45) is 0.881. The van der Waals surface area contributed by atoms with Gasteiger partial charge in [-0.05, 0) is 46.5 Å². The van der Waals surface area contributed by atoms with Crippen molar-refractivity contribution in [1.29, 1.82) is 0 Å². The molecular weight excluding hydrogens is 338 g/mol. The fraction of sp³-hybridized carbons (Fsp3) is 0.600. The molecule has 0 saturated carbocycles. The monoisotopic (exact) mass is 357 g/mol. The zero-order valence-corrected chi connectivity index (χ0v) is 13.4. The van der Waals surface area contributed by atoms with Crippen LogP contribution < -0.4 is 15.2 Å². The Morgan fingerprint density at radius 1 is 1.19 bits per heavy atom. The number of aliphatic hydroxyl groups is 1. The first kappa shape index (κ1) is 15.1. The highest BCUT2D eigenvalue weighted by atomic mass is 79.9. The zero-order chi connectivity index (χ0) is 14.9. The summed E-state index contributed by atoms with van der Waals surface area (Å²) in [7, 11) is 0. The van der Waals surface area contributed by atoms with Crippen molar-refractivity contribution in [1.82, 2.24) is 0 Å². The van der Waals surface area contributed by atoms with Crippen LogP contribution in [0.25, 0.3) is 0 Å². The number of benzene rings is 1. The molecule has 2 aliphatic heterocycles.